The van der Waals surface area contributed by atoms with Crippen LogP contribution in [0.1, 0.15) is 16.8 Å². The molecule has 0 fully saturated rings. The summed E-state index contributed by atoms with van der Waals surface area (Å²) in [6.45, 7) is 3.96. The standard InChI is InChI=1S/C21H18N2O2/c1-15-7-3-5-9-19(15)24-18-13-17(11-12-22)23-21(14-18)25-20-10-6-4-8-16(20)2/h3-10,13-14H,11H2,1-2H3. The molecule has 0 N–H and O–H groups in total. The number of nitriles is 1. The molecule has 0 aliphatic heterocycles. The van der Waals surface area contributed by atoms with E-state index in [1.165, 1.54) is 0 Å². The number of aromatic nitrogens is 1. The third-order valence-corrected chi connectivity index (χ3v) is 3.72. The monoisotopic (exact) mass is 330 g/mol. The van der Waals surface area contributed by atoms with Gasteiger partial charge in [0.1, 0.15) is 17.2 Å². The lowest BCUT2D eigenvalue weighted by molar-refractivity contribution is 0.441. The van der Waals surface area contributed by atoms with Gasteiger partial charge in [-0.3, -0.25) is 0 Å². The molecule has 0 saturated heterocycles. The van der Waals surface area contributed by atoms with E-state index in [0.717, 1.165) is 22.6 Å². The first-order chi connectivity index (χ1) is 12.2. The maximum Gasteiger partial charge on any atom is 0.223 e. The summed E-state index contributed by atoms with van der Waals surface area (Å²) in [5.41, 5.74) is 2.65. The van der Waals surface area contributed by atoms with Crippen LogP contribution in [0, 0.1) is 25.2 Å². The molecule has 0 aliphatic rings. The van der Waals surface area contributed by atoms with E-state index in [9.17, 15) is 0 Å². The minimum Gasteiger partial charge on any atom is -0.457 e. The minimum absolute atomic E-state index is 0.190. The molecule has 4 heteroatoms. The Kier molecular flexibility index (Phi) is 4.96. The summed E-state index contributed by atoms with van der Waals surface area (Å²) in [7, 11) is 0. The Balaban J connectivity index is 1.93. The summed E-state index contributed by atoms with van der Waals surface area (Å²) in [6, 6.07) is 21.1. The van der Waals surface area contributed by atoms with E-state index in [4.69, 9.17) is 14.7 Å². The molecule has 3 rings (SSSR count). The lowest BCUT2D eigenvalue weighted by Gasteiger charge is -2.12. The van der Waals surface area contributed by atoms with Gasteiger partial charge in [0.05, 0.1) is 18.2 Å². The predicted octanol–water partition coefficient (Wildman–Crippen LogP) is 5.35. The molecule has 1 aromatic heterocycles. The molecule has 3 aromatic rings. The molecule has 0 amide bonds. The van der Waals surface area contributed by atoms with Crippen LogP contribution in [-0.2, 0) is 6.42 Å². The van der Waals surface area contributed by atoms with E-state index in [0.29, 0.717) is 17.3 Å². The van der Waals surface area contributed by atoms with Gasteiger partial charge >= 0.3 is 0 Å². The summed E-state index contributed by atoms with van der Waals surface area (Å²) >= 11 is 0. The SMILES string of the molecule is Cc1ccccc1Oc1cc(CC#N)nc(Oc2ccccc2C)c1. The Labute approximate surface area is 147 Å². The Morgan fingerprint density at radius 2 is 1.48 bits per heavy atom. The lowest BCUT2D eigenvalue weighted by Crippen LogP contribution is -1.96. The summed E-state index contributed by atoms with van der Waals surface area (Å²) < 4.78 is 11.9. The molecule has 0 atom stereocenters. The van der Waals surface area contributed by atoms with E-state index in [-0.39, 0.29) is 6.42 Å². The molecular weight excluding hydrogens is 312 g/mol. The van der Waals surface area contributed by atoms with Gasteiger partial charge in [0.2, 0.25) is 5.88 Å². The lowest BCUT2D eigenvalue weighted by atomic mass is 10.2. The number of hydrogen-bond acceptors (Lipinski definition) is 4. The number of hydrogen-bond donors (Lipinski definition) is 0. The molecule has 124 valence electrons. The van der Waals surface area contributed by atoms with Crippen molar-refractivity contribution in [3.63, 3.8) is 0 Å². The number of benzene rings is 2. The van der Waals surface area contributed by atoms with E-state index >= 15 is 0 Å². The van der Waals surface area contributed by atoms with Crippen molar-refractivity contribution in [2.45, 2.75) is 20.3 Å². The van der Waals surface area contributed by atoms with Crippen molar-refractivity contribution < 1.29 is 9.47 Å². The largest absolute Gasteiger partial charge is 0.457 e. The average molecular weight is 330 g/mol. The van der Waals surface area contributed by atoms with Gasteiger partial charge in [-0.2, -0.15) is 5.26 Å². The highest BCUT2D eigenvalue weighted by Crippen LogP contribution is 2.30. The quantitative estimate of drug-likeness (QED) is 0.633. The molecule has 0 spiro atoms. The Bertz CT molecular complexity index is 863. The molecule has 2 aromatic carbocycles. The Hall–Kier alpha value is -3.32. The number of pyridine rings is 1. The highest BCUT2D eigenvalue weighted by molar-refractivity contribution is 5.41. The van der Waals surface area contributed by atoms with Crippen LogP contribution in [0.3, 0.4) is 0 Å². The zero-order valence-electron chi connectivity index (χ0n) is 14.2. The van der Waals surface area contributed by atoms with Crippen molar-refractivity contribution >= 4 is 0 Å². The normalized spacial score (nSPS) is 10.1. The van der Waals surface area contributed by atoms with E-state index in [2.05, 4.69) is 11.1 Å². The molecular formula is C21H18N2O2. The van der Waals surface area contributed by atoms with Crippen molar-refractivity contribution in [3.8, 4) is 29.2 Å². The van der Waals surface area contributed by atoms with Gasteiger partial charge < -0.3 is 9.47 Å². The van der Waals surface area contributed by atoms with E-state index < -0.39 is 0 Å². The van der Waals surface area contributed by atoms with Crippen molar-refractivity contribution in [3.05, 3.63) is 77.5 Å². The Morgan fingerprint density at radius 3 is 2.08 bits per heavy atom. The van der Waals surface area contributed by atoms with Crippen LogP contribution in [0.5, 0.6) is 23.1 Å². The molecule has 0 aliphatic carbocycles. The van der Waals surface area contributed by atoms with Gasteiger partial charge in [-0.05, 0) is 37.1 Å². The second kappa shape index (κ2) is 7.50. The van der Waals surface area contributed by atoms with Crippen molar-refractivity contribution in [1.29, 1.82) is 5.26 Å². The molecule has 0 bridgehead atoms. The van der Waals surface area contributed by atoms with E-state index in [1.54, 1.807) is 12.1 Å². The van der Waals surface area contributed by atoms with Gasteiger partial charge in [-0.25, -0.2) is 4.98 Å². The zero-order chi connectivity index (χ0) is 17.6. The fourth-order valence-corrected chi connectivity index (χ4v) is 2.40. The second-order valence-electron chi connectivity index (χ2n) is 5.70. The summed E-state index contributed by atoms with van der Waals surface area (Å²) in [6.07, 6.45) is 0.190. The van der Waals surface area contributed by atoms with Crippen LogP contribution in [0.15, 0.2) is 60.7 Å². The summed E-state index contributed by atoms with van der Waals surface area (Å²) in [5, 5.41) is 9.00. The number of rotatable bonds is 5. The molecule has 1 heterocycles. The van der Waals surface area contributed by atoms with Crippen LogP contribution in [-0.4, -0.2) is 4.98 Å². The number of ether oxygens (including phenoxy) is 2. The summed E-state index contributed by atoms with van der Waals surface area (Å²) in [4.78, 5) is 4.40. The van der Waals surface area contributed by atoms with Gasteiger partial charge in [0.15, 0.2) is 0 Å². The first-order valence-corrected chi connectivity index (χ1v) is 8.00. The molecule has 0 saturated carbocycles. The van der Waals surface area contributed by atoms with Crippen LogP contribution in [0.2, 0.25) is 0 Å². The third kappa shape index (κ3) is 4.15. The fourth-order valence-electron chi connectivity index (χ4n) is 2.40. The fraction of sp³-hybridized carbons (Fsp3) is 0.143. The van der Waals surface area contributed by atoms with E-state index in [1.807, 2.05) is 62.4 Å². The first kappa shape index (κ1) is 16.5. The topological polar surface area (TPSA) is 55.1 Å². The highest BCUT2D eigenvalue weighted by atomic mass is 16.5. The predicted molar refractivity (Wildman–Crippen MR) is 96.1 cm³/mol. The van der Waals surface area contributed by atoms with Gasteiger partial charge in [-0.1, -0.05) is 36.4 Å². The summed E-state index contributed by atoms with van der Waals surface area (Å²) in [5.74, 6) is 2.49. The maximum absolute atomic E-state index is 9.00. The smallest absolute Gasteiger partial charge is 0.223 e. The average Bonchev–Trinajstić information content (AvgIpc) is 2.59. The molecule has 4 nitrogen and oxygen atoms in total. The zero-order valence-corrected chi connectivity index (χ0v) is 14.2. The third-order valence-electron chi connectivity index (χ3n) is 3.72. The first-order valence-electron chi connectivity index (χ1n) is 8.00. The van der Waals surface area contributed by atoms with Crippen LogP contribution < -0.4 is 9.47 Å². The van der Waals surface area contributed by atoms with Crippen LogP contribution >= 0.6 is 0 Å². The van der Waals surface area contributed by atoms with Crippen molar-refractivity contribution in [2.75, 3.05) is 0 Å². The molecule has 0 unspecified atom stereocenters. The van der Waals surface area contributed by atoms with Gasteiger partial charge in [-0.15, -0.1) is 0 Å². The number of nitrogens with zero attached hydrogens (tertiary/aromatic N) is 2. The van der Waals surface area contributed by atoms with Gasteiger partial charge in [0.25, 0.3) is 0 Å². The van der Waals surface area contributed by atoms with Gasteiger partial charge in [0, 0.05) is 12.1 Å². The highest BCUT2D eigenvalue weighted by Gasteiger charge is 2.09. The van der Waals surface area contributed by atoms with Crippen LogP contribution in [0.25, 0.3) is 0 Å². The Morgan fingerprint density at radius 1 is 0.880 bits per heavy atom. The minimum atomic E-state index is 0.190. The number of aryl methyl sites for hydroxylation is 2. The number of para-hydroxylation sites is 2. The van der Waals surface area contributed by atoms with Crippen molar-refractivity contribution in [1.82, 2.24) is 4.98 Å². The van der Waals surface area contributed by atoms with Crippen LogP contribution in [0.4, 0.5) is 0 Å². The van der Waals surface area contributed by atoms with Crippen molar-refractivity contribution in [2.24, 2.45) is 0 Å². The maximum atomic E-state index is 9.00. The molecule has 25 heavy (non-hydrogen) atoms. The second-order valence-corrected chi connectivity index (χ2v) is 5.70. The molecule has 0 radical (unpaired) electrons.